The number of hydrogen-bond donors (Lipinski definition) is 0. The molecule has 1 aliphatic rings. The van der Waals surface area contributed by atoms with Gasteiger partial charge in [0.25, 0.3) is 0 Å². The summed E-state index contributed by atoms with van der Waals surface area (Å²) in [7, 11) is 2.15. The van der Waals surface area contributed by atoms with Crippen molar-refractivity contribution in [3.63, 3.8) is 0 Å². The quantitative estimate of drug-likeness (QED) is 0.622. The maximum absolute atomic E-state index is 12.2. The summed E-state index contributed by atoms with van der Waals surface area (Å²) in [5.41, 5.74) is 0.829. The molecule has 4 heteroatoms. The first-order chi connectivity index (χ1) is 9.19. The van der Waals surface area contributed by atoms with E-state index in [1.165, 1.54) is 4.90 Å². The molecule has 3 nitrogen and oxygen atoms in total. The summed E-state index contributed by atoms with van der Waals surface area (Å²) in [6.45, 7) is 4.75. The Morgan fingerprint density at radius 3 is 2.58 bits per heavy atom. The van der Waals surface area contributed by atoms with Gasteiger partial charge in [-0.1, -0.05) is 12.1 Å². The van der Waals surface area contributed by atoms with Crippen molar-refractivity contribution in [1.82, 2.24) is 9.80 Å². The van der Waals surface area contributed by atoms with Crippen LogP contribution in [0.15, 0.2) is 29.2 Å². The van der Waals surface area contributed by atoms with Gasteiger partial charge in [-0.25, -0.2) is 0 Å². The van der Waals surface area contributed by atoms with E-state index < -0.39 is 0 Å². The van der Waals surface area contributed by atoms with Crippen LogP contribution in [0.3, 0.4) is 0 Å². The van der Waals surface area contributed by atoms with E-state index >= 15 is 0 Å². The highest BCUT2D eigenvalue weighted by Crippen LogP contribution is 2.15. The molecule has 1 aromatic rings. The topological polar surface area (TPSA) is 23.6 Å². The first-order valence-electron chi connectivity index (χ1n) is 6.77. The van der Waals surface area contributed by atoms with Crippen molar-refractivity contribution in [2.24, 2.45) is 0 Å². The van der Waals surface area contributed by atoms with Crippen LogP contribution >= 0.6 is 11.8 Å². The largest absolute Gasteiger partial charge is 0.305 e. The molecule has 1 fully saturated rings. The second-order valence-corrected chi connectivity index (χ2v) is 5.96. The molecule has 0 unspecified atom stereocenters. The number of ketones is 1. The predicted octanol–water partition coefficient (Wildman–Crippen LogP) is 2.23. The van der Waals surface area contributed by atoms with Crippen LogP contribution in [-0.4, -0.2) is 61.6 Å². The number of carbonyl (C=O) groups excluding carboxylic acids is 1. The molecule has 0 spiro atoms. The number of thioether (sulfide) groups is 1. The molecule has 0 bridgehead atoms. The molecule has 0 aliphatic carbocycles. The standard InChI is InChI=1S/C15H22N2OS/c1-16-8-3-9-17(11-10-16)12-15(18)13-4-6-14(19-2)7-5-13/h4-7H,3,8-12H2,1-2H3. The Hall–Kier alpha value is -0.840. The molecule has 19 heavy (non-hydrogen) atoms. The van der Waals surface area contributed by atoms with Gasteiger partial charge in [0.2, 0.25) is 0 Å². The van der Waals surface area contributed by atoms with Crippen LogP contribution in [0.25, 0.3) is 0 Å². The smallest absolute Gasteiger partial charge is 0.176 e. The van der Waals surface area contributed by atoms with Gasteiger partial charge in [-0.2, -0.15) is 0 Å². The van der Waals surface area contributed by atoms with Gasteiger partial charge in [0.05, 0.1) is 6.54 Å². The zero-order valence-corrected chi connectivity index (χ0v) is 12.6. The van der Waals surface area contributed by atoms with E-state index in [1.807, 2.05) is 30.5 Å². The third-order valence-corrected chi connectivity index (χ3v) is 4.33. The maximum Gasteiger partial charge on any atom is 0.176 e. The highest BCUT2D eigenvalue weighted by molar-refractivity contribution is 7.98. The van der Waals surface area contributed by atoms with Gasteiger partial charge in [-0.3, -0.25) is 9.69 Å². The molecule has 1 aromatic carbocycles. The average Bonchev–Trinajstić information content (AvgIpc) is 2.64. The normalized spacial score (nSPS) is 18.2. The Bertz CT molecular complexity index is 419. The van der Waals surface area contributed by atoms with Gasteiger partial charge >= 0.3 is 0 Å². The Kier molecular flexibility index (Phi) is 5.43. The SMILES string of the molecule is CSc1ccc(C(=O)CN2CCCN(C)CC2)cc1. The summed E-state index contributed by atoms with van der Waals surface area (Å²) in [5, 5.41) is 0. The lowest BCUT2D eigenvalue weighted by molar-refractivity contribution is 0.0933. The van der Waals surface area contributed by atoms with Crippen LogP contribution in [0, 0.1) is 0 Å². The number of carbonyl (C=O) groups is 1. The second kappa shape index (κ2) is 7.08. The number of Topliss-reactive ketones (excluding diaryl/α,β-unsaturated/α-hetero) is 1. The van der Waals surface area contributed by atoms with Crippen molar-refractivity contribution < 1.29 is 4.79 Å². The summed E-state index contributed by atoms with van der Waals surface area (Å²) in [5.74, 6) is 0.234. The predicted molar refractivity (Wildman–Crippen MR) is 81.1 cm³/mol. The molecule has 0 saturated carbocycles. The fourth-order valence-corrected chi connectivity index (χ4v) is 2.74. The van der Waals surface area contributed by atoms with E-state index in [2.05, 4.69) is 16.8 Å². The Morgan fingerprint density at radius 1 is 1.16 bits per heavy atom. The molecular weight excluding hydrogens is 256 g/mol. The highest BCUT2D eigenvalue weighted by atomic mass is 32.2. The lowest BCUT2D eigenvalue weighted by Gasteiger charge is -2.19. The first-order valence-corrected chi connectivity index (χ1v) is 7.99. The fourth-order valence-electron chi connectivity index (χ4n) is 2.33. The summed E-state index contributed by atoms with van der Waals surface area (Å²) in [4.78, 5) is 18.0. The van der Waals surface area contributed by atoms with Crippen molar-refractivity contribution in [2.75, 3.05) is 46.0 Å². The van der Waals surface area contributed by atoms with E-state index in [-0.39, 0.29) is 5.78 Å². The molecule has 0 amide bonds. The van der Waals surface area contributed by atoms with E-state index in [1.54, 1.807) is 11.8 Å². The zero-order valence-electron chi connectivity index (χ0n) is 11.8. The maximum atomic E-state index is 12.2. The van der Waals surface area contributed by atoms with Crippen LogP contribution in [0.1, 0.15) is 16.8 Å². The van der Waals surface area contributed by atoms with Crippen molar-refractivity contribution in [3.8, 4) is 0 Å². The first kappa shape index (κ1) is 14.6. The minimum Gasteiger partial charge on any atom is -0.305 e. The third-order valence-electron chi connectivity index (χ3n) is 3.59. The summed E-state index contributed by atoms with van der Waals surface area (Å²) >= 11 is 1.70. The van der Waals surface area contributed by atoms with Crippen molar-refractivity contribution in [1.29, 1.82) is 0 Å². The van der Waals surface area contributed by atoms with E-state index in [0.717, 1.165) is 38.2 Å². The molecule has 2 rings (SSSR count). The molecule has 0 aromatic heterocycles. The van der Waals surface area contributed by atoms with Crippen molar-refractivity contribution in [3.05, 3.63) is 29.8 Å². The second-order valence-electron chi connectivity index (χ2n) is 5.08. The minimum absolute atomic E-state index is 0.234. The summed E-state index contributed by atoms with van der Waals surface area (Å²) in [6, 6.07) is 7.93. The lowest BCUT2D eigenvalue weighted by Crippen LogP contribution is -2.33. The van der Waals surface area contributed by atoms with Gasteiger partial charge in [-0.05, 0) is 44.9 Å². The number of rotatable bonds is 4. The summed E-state index contributed by atoms with van der Waals surface area (Å²) in [6.07, 6.45) is 3.19. The highest BCUT2D eigenvalue weighted by Gasteiger charge is 2.15. The molecule has 104 valence electrons. The van der Waals surface area contributed by atoms with E-state index in [9.17, 15) is 4.79 Å². The van der Waals surface area contributed by atoms with Crippen LogP contribution in [0.5, 0.6) is 0 Å². The molecule has 1 heterocycles. The third kappa shape index (κ3) is 4.34. The molecule has 1 saturated heterocycles. The Labute approximate surface area is 120 Å². The van der Waals surface area contributed by atoms with Gasteiger partial charge in [0.15, 0.2) is 5.78 Å². The molecule has 0 atom stereocenters. The molecule has 1 aliphatic heterocycles. The zero-order chi connectivity index (χ0) is 13.7. The Morgan fingerprint density at radius 2 is 1.89 bits per heavy atom. The number of hydrogen-bond acceptors (Lipinski definition) is 4. The van der Waals surface area contributed by atoms with E-state index in [4.69, 9.17) is 0 Å². The van der Waals surface area contributed by atoms with Crippen LogP contribution < -0.4 is 0 Å². The fraction of sp³-hybridized carbons (Fsp3) is 0.533. The minimum atomic E-state index is 0.234. The van der Waals surface area contributed by atoms with Gasteiger partial charge < -0.3 is 4.90 Å². The van der Waals surface area contributed by atoms with Crippen molar-refractivity contribution >= 4 is 17.5 Å². The average molecular weight is 278 g/mol. The van der Waals surface area contributed by atoms with Gasteiger partial charge in [0, 0.05) is 23.5 Å². The Balaban J connectivity index is 1.92. The van der Waals surface area contributed by atoms with Gasteiger partial charge in [0.1, 0.15) is 0 Å². The molecule has 0 N–H and O–H groups in total. The van der Waals surface area contributed by atoms with Crippen LogP contribution in [0.2, 0.25) is 0 Å². The molecular formula is C15H22N2OS. The molecule has 0 radical (unpaired) electrons. The number of benzene rings is 1. The van der Waals surface area contributed by atoms with Crippen molar-refractivity contribution in [2.45, 2.75) is 11.3 Å². The van der Waals surface area contributed by atoms with E-state index in [0.29, 0.717) is 6.54 Å². The monoisotopic (exact) mass is 278 g/mol. The summed E-state index contributed by atoms with van der Waals surface area (Å²) < 4.78 is 0. The van der Waals surface area contributed by atoms with Gasteiger partial charge in [-0.15, -0.1) is 11.8 Å². The lowest BCUT2D eigenvalue weighted by atomic mass is 10.1. The van der Waals surface area contributed by atoms with Crippen LogP contribution in [-0.2, 0) is 0 Å². The number of nitrogens with zero attached hydrogens (tertiary/aromatic N) is 2. The number of likely N-dealkylation sites (N-methyl/N-ethyl adjacent to an activating group) is 1. The van der Waals surface area contributed by atoms with Crippen LogP contribution in [0.4, 0.5) is 0 Å².